The SMILES string of the molecule is CC(C)COCc1cnc(N2CCCCC2)nc1. The number of hydrogen-bond donors (Lipinski definition) is 0. The van der Waals surface area contributed by atoms with Crippen molar-refractivity contribution in [3.8, 4) is 0 Å². The summed E-state index contributed by atoms with van der Waals surface area (Å²) in [7, 11) is 0. The second kappa shape index (κ2) is 6.69. The van der Waals surface area contributed by atoms with Gasteiger partial charge in [0.2, 0.25) is 5.95 Å². The Balaban J connectivity index is 1.84. The zero-order chi connectivity index (χ0) is 12.8. The molecule has 0 amide bonds. The molecule has 4 heteroatoms. The normalized spacial score (nSPS) is 16.3. The molecule has 4 nitrogen and oxygen atoms in total. The van der Waals surface area contributed by atoms with Crippen LogP contribution in [0.1, 0.15) is 38.7 Å². The minimum Gasteiger partial charge on any atom is -0.376 e. The zero-order valence-corrected chi connectivity index (χ0v) is 11.4. The number of anilines is 1. The first-order valence-corrected chi connectivity index (χ1v) is 6.89. The first kappa shape index (κ1) is 13.3. The highest BCUT2D eigenvalue weighted by Crippen LogP contribution is 2.15. The minimum atomic E-state index is 0.568. The first-order chi connectivity index (χ1) is 8.75. The molecule has 0 atom stereocenters. The third-order valence-corrected chi connectivity index (χ3v) is 3.05. The molecule has 2 heterocycles. The van der Waals surface area contributed by atoms with Crippen molar-refractivity contribution in [2.24, 2.45) is 5.92 Å². The van der Waals surface area contributed by atoms with E-state index < -0.39 is 0 Å². The van der Waals surface area contributed by atoms with E-state index in [4.69, 9.17) is 4.74 Å². The van der Waals surface area contributed by atoms with E-state index in [1.165, 1.54) is 19.3 Å². The van der Waals surface area contributed by atoms with Crippen molar-refractivity contribution in [3.05, 3.63) is 18.0 Å². The van der Waals surface area contributed by atoms with Crippen molar-refractivity contribution in [2.75, 3.05) is 24.6 Å². The molecule has 1 aromatic heterocycles. The maximum absolute atomic E-state index is 5.57. The molecule has 1 aliphatic rings. The summed E-state index contributed by atoms with van der Waals surface area (Å²) < 4.78 is 5.57. The van der Waals surface area contributed by atoms with Gasteiger partial charge in [-0.3, -0.25) is 0 Å². The summed E-state index contributed by atoms with van der Waals surface area (Å²) in [6.07, 6.45) is 7.61. The van der Waals surface area contributed by atoms with Gasteiger partial charge in [-0.15, -0.1) is 0 Å². The molecule has 2 rings (SSSR count). The lowest BCUT2D eigenvalue weighted by Gasteiger charge is -2.26. The van der Waals surface area contributed by atoms with Gasteiger partial charge in [0.05, 0.1) is 6.61 Å². The maximum Gasteiger partial charge on any atom is 0.225 e. The van der Waals surface area contributed by atoms with Gasteiger partial charge in [-0.05, 0) is 25.2 Å². The lowest BCUT2D eigenvalue weighted by atomic mass is 10.1. The second-order valence-electron chi connectivity index (χ2n) is 5.35. The van der Waals surface area contributed by atoms with E-state index in [-0.39, 0.29) is 0 Å². The first-order valence-electron chi connectivity index (χ1n) is 6.89. The van der Waals surface area contributed by atoms with Crippen LogP contribution in [0.4, 0.5) is 5.95 Å². The van der Waals surface area contributed by atoms with Crippen LogP contribution in [0, 0.1) is 5.92 Å². The molecule has 0 bridgehead atoms. The lowest BCUT2D eigenvalue weighted by molar-refractivity contribution is 0.0967. The van der Waals surface area contributed by atoms with Gasteiger partial charge in [0.25, 0.3) is 0 Å². The molecular formula is C14H23N3O. The summed E-state index contributed by atoms with van der Waals surface area (Å²) >= 11 is 0. The largest absolute Gasteiger partial charge is 0.376 e. The number of rotatable bonds is 5. The molecule has 1 saturated heterocycles. The van der Waals surface area contributed by atoms with Gasteiger partial charge in [0, 0.05) is 37.7 Å². The Labute approximate surface area is 109 Å². The molecule has 100 valence electrons. The van der Waals surface area contributed by atoms with Gasteiger partial charge < -0.3 is 9.64 Å². The van der Waals surface area contributed by atoms with Crippen LogP contribution in [0.15, 0.2) is 12.4 Å². The smallest absolute Gasteiger partial charge is 0.225 e. The quantitative estimate of drug-likeness (QED) is 0.804. The van der Waals surface area contributed by atoms with Crippen LogP contribution in [-0.2, 0) is 11.3 Å². The molecule has 0 spiro atoms. The van der Waals surface area contributed by atoms with E-state index in [2.05, 4.69) is 28.7 Å². The molecule has 0 saturated carbocycles. The van der Waals surface area contributed by atoms with Crippen LogP contribution in [0.3, 0.4) is 0 Å². The van der Waals surface area contributed by atoms with Gasteiger partial charge in [0.15, 0.2) is 0 Å². The van der Waals surface area contributed by atoms with E-state index in [0.29, 0.717) is 12.5 Å². The molecule has 0 unspecified atom stereocenters. The summed E-state index contributed by atoms with van der Waals surface area (Å²) in [5, 5.41) is 0. The standard InChI is InChI=1S/C14H23N3O/c1-12(2)10-18-11-13-8-15-14(16-9-13)17-6-4-3-5-7-17/h8-9,12H,3-7,10-11H2,1-2H3. The number of hydrogen-bond acceptors (Lipinski definition) is 4. The highest BCUT2D eigenvalue weighted by atomic mass is 16.5. The molecule has 0 N–H and O–H groups in total. The highest BCUT2D eigenvalue weighted by molar-refractivity contribution is 5.30. The molecule has 0 aromatic carbocycles. The summed E-state index contributed by atoms with van der Waals surface area (Å²) in [6.45, 7) is 7.87. The van der Waals surface area contributed by atoms with Crippen LogP contribution >= 0.6 is 0 Å². The van der Waals surface area contributed by atoms with Crippen molar-refractivity contribution in [1.82, 2.24) is 9.97 Å². The average Bonchev–Trinajstić information content (AvgIpc) is 2.40. The van der Waals surface area contributed by atoms with E-state index >= 15 is 0 Å². The Morgan fingerprint density at radius 3 is 2.44 bits per heavy atom. The molecule has 1 aliphatic heterocycles. The van der Waals surface area contributed by atoms with Crippen LogP contribution in [0.5, 0.6) is 0 Å². The second-order valence-corrected chi connectivity index (χ2v) is 5.35. The number of ether oxygens (including phenoxy) is 1. The van der Waals surface area contributed by atoms with Crippen molar-refractivity contribution in [3.63, 3.8) is 0 Å². The third-order valence-electron chi connectivity index (χ3n) is 3.05. The highest BCUT2D eigenvalue weighted by Gasteiger charge is 2.12. The molecule has 1 aromatic rings. The fourth-order valence-corrected chi connectivity index (χ4v) is 2.09. The van der Waals surface area contributed by atoms with Crippen molar-refractivity contribution < 1.29 is 4.74 Å². The summed E-state index contributed by atoms with van der Waals surface area (Å²) in [5.41, 5.74) is 1.05. The molecule has 1 fully saturated rings. The van der Waals surface area contributed by atoms with E-state index in [1.807, 2.05) is 12.4 Å². The molecule has 0 aliphatic carbocycles. The Kier molecular flexibility index (Phi) is 4.93. The Hall–Kier alpha value is -1.16. The molecular weight excluding hydrogens is 226 g/mol. The fourth-order valence-electron chi connectivity index (χ4n) is 2.09. The van der Waals surface area contributed by atoms with Crippen LogP contribution in [0.25, 0.3) is 0 Å². The van der Waals surface area contributed by atoms with Gasteiger partial charge in [-0.2, -0.15) is 0 Å². The third kappa shape index (κ3) is 3.95. The van der Waals surface area contributed by atoms with Crippen LogP contribution < -0.4 is 4.90 Å². The van der Waals surface area contributed by atoms with Crippen molar-refractivity contribution in [2.45, 2.75) is 39.7 Å². The number of aromatic nitrogens is 2. The predicted octanol–water partition coefficient (Wildman–Crippen LogP) is 2.64. The molecule has 0 radical (unpaired) electrons. The van der Waals surface area contributed by atoms with E-state index in [9.17, 15) is 0 Å². The predicted molar refractivity (Wildman–Crippen MR) is 72.6 cm³/mol. The fraction of sp³-hybridized carbons (Fsp3) is 0.714. The summed E-state index contributed by atoms with van der Waals surface area (Å²) in [4.78, 5) is 11.1. The lowest BCUT2D eigenvalue weighted by Crippen LogP contribution is -2.30. The van der Waals surface area contributed by atoms with Crippen LogP contribution in [0.2, 0.25) is 0 Å². The Bertz CT molecular complexity index is 345. The Morgan fingerprint density at radius 1 is 1.17 bits per heavy atom. The number of nitrogens with zero attached hydrogens (tertiary/aromatic N) is 3. The monoisotopic (exact) mass is 249 g/mol. The van der Waals surface area contributed by atoms with Crippen LogP contribution in [-0.4, -0.2) is 29.7 Å². The number of piperidine rings is 1. The maximum atomic E-state index is 5.57. The van der Waals surface area contributed by atoms with Crippen molar-refractivity contribution >= 4 is 5.95 Å². The van der Waals surface area contributed by atoms with Gasteiger partial charge in [-0.25, -0.2) is 9.97 Å². The van der Waals surface area contributed by atoms with Gasteiger partial charge in [0.1, 0.15) is 0 Å². The molecule has 18 heavy (non-hydrogen) atoms. The van der Waals surface area contributed by atoms with E-state index in [0.717, 1.165) is 31.2 Å². The minimum absolute atomic E-state index is 0.568. The van der Waals surface area contributed by atoms with Gasteiger partial charge >= 0.3 is 0 Å². The van der Waals surface area contributed by atoms with E-state index in [1.54, 1.807) is 0 Å². The van der Waals surface area contributed by atoms with Gasteiger partial charge in [-0.1, -0.05) is 13.8 Å². The topological polar surface area (TPSA) is 38.2 Å². The Morgan fingerprint density at radius 2 is 1.83 bits per heavy atom. The van der Waals surface area contributed by atoms with Crippen molar-refractivity contribution in [1.29, 1.82) is 0 Å². The zero-order valence-electron chi connectivity index (χ0n) is 11.4. The average molecular weight is 249 g/mol. The summed E-state index contributed by atoms with van der Waals surface area (Å²) in [5.74, 6) is 1.43. The summed E-state index contributed by atoms with van der Waals surface area (Å²) in [6, 6.07) is 0.